The first-order valence-corrected chi connectivity index (χ1v) is 8.24. The van der Waals surface area contributed by atoms with E-state index in [4.69, 9.17) is 12.2 Å². The fourth-order valence-electron chi connectivity index (χ4n) is 2.30. The van der Waals surface area contributed by atoms with Crippen molar-refractivity contribution in [1.29, 1.82) is 0 Å². The third-order valence-electron chi connectivity index (χ3n) is 3.80. The molecule has 0 spiro atoms. The van der Waals surface area contributed by atoms with Crippen molar-refractivity contribution >= 4 is 46.3 Å². The zero-order valence-electron chi connectivity index (χ0n) is 12.6. The van der Waals surface area contributed by atoms with Gasteiger partial charge in [0.15, 0.2) is 5.11 Å². The Kier molecular flexibility index (Phi) is 3.85. The zero-order valence-corrected chi connectivity index (χ0v) is 14.3. The molecule has 2 aromatic rings. The Hall–Kier alpha value is -1.98. The van der Waals surface area contributed by atoms with Gasteiger partial charge in [-0.3, -0.25) is 9.69 Å². The minimum Gasteiger partial charge on any atom is -0.327 e. The standard InChI is InChI=1S/C17H16N2OS2/c1-10-4-5-13(8-12(10)3)19-16(20)14(18-17(19)21)9-15-11(2)6-7-22-15/h4-9H,1-3H3,(H,18,21)/b14-9-. The molecule has 0 aliphatic carbocycles. The fourth-order valence-corrected chi connectivity index (χ4v) is 3.45. The normalized spacial score (nSPS) is 16.5. The molecular formula is C17H16N2OS2. The predicted octanol–water partition coefficient (Wildman–Crippen LogP) is 3.94. The molecule has 1 saturated heterocycles. The van der Waals surface area contributed by atoms with E-state index in [2.05, 4.69) is 5.32 Å². The van der Waals surface area contributed by atoms with Crippen LogP contribution in [0.1, 0.15) is 21.6 Å². The Labute approximate surface area is 139 Å². The molecule has 0 saturated carbocycles. The van der Waals surface area contributed by atoms with Crippen molar-refractivity contribution in [3.8, 4) is 0 Å². The van der Waals surface area contributed by atoms with Gasteiger partial charge in [0.25, 0.3) is 5.91 Å². The van der Waals surface area contributed by atoms with E-state index in [1.807, 2.05) is 56.5 Å². The first-order chi connectivity index (χ1) is 10.5. The molecule has 1 aliphatic heterocycles. The van der Waals surface area contributed by atoms with Crippen molar-refractivity contribution in [2.24, 2.45) is 0 Å². The number of rotatable bonds is 2. The quantitative estimate of drug-likeness (QED) is 0.669. The monoisotopic (exact) mass is 328 g/mol. The van der Waals surface area contributed by atoms with Gasteiger partial charge in [0.05, 0.1) is 5.69 Å². The summed E-state index contributed by atoms with van der Waals surface area (Å²) in [5, 5.41) is 5.47. The molecule has 1 aliphatic rings. The Morgan fingerprint density at radius 1 is 1.14 bits per heavy atom. The number of nitrogens with zero attached hydrogens (tertiary/aromatic N) is 1. The molecule has 0 radical (unpaired) electrons. The van der Waals surface area contributed by atoms with Crippen LogP contribution in [0, 0.1) is 20.8 Å². The van der Waals surface area contributed by atoms with Crippen molar-refractivity contribution in [2.45, 2.75) is 20.8 Å². The maximum atomic E-state index is 12.7. The number of carbonyl (C=O) groups is 1. The van der Waals surface area contributed by atoms with Crippen molar-refractivity contribution in [1.82, 2.24) is 5.32 Å². The number of aryl methyl sites for hydroxylation is 3. The summed E-state index contributed by atoms with van der Waals surface area (Å²) in [6.45, 7) is 6.11. The Bertz CT molecular complexity index is 805. The van der Waals surface area contributed by atoms with Crippen molar-refractivity contribution in [3.63, 3.8) is 0 Å². The first kappa shape index (κ1) is 14.9. The Balaban J connectivity index is 1.96. The van der Waals surface area contributed by atoms with Gasteiger partial charge in [0, 0.05) is 4.88 Å². The van der Waals surface area contributed by atoms with Gasteiger partial charge >= 0.3 is 0 Å². The second-order valence-electron chi connectivity index (χ2n) is 5.37. The summed E-state index contributed by atoms with van der Waals surface area (Å²) >= 11 is 6.95. The van der Waals surface area contributed by atoms with E-state index in [1.165, 1.54) is 5.56 Å². The summed E-state index contributed by atoms with van der Waals surface area (Å²) in [6, 6.07) is 7.95. The summed E-state index contributed by atoms with van der Waals surface area (Å²) in [6.07, 6.45) is 1.87. The number of nitrogens with one attached hydrogen (secondary N) is 1. The van der Waals surface area contributed by atoms with E-state index >= 15 is 0 Å². The number of carbonyl (C=O) groups excluding carboxylic acids is 1. The SMILES string of the molecule is Cc1ccc(N2C(=O)/C(=C/c3sccc3C)NC2=S)cc1C. The molecule has 2 heterocycles. The molecule has 5 heteroatoms. The molecule has 1 amide bonds. The van der Waals surface area contributed by atoms with E-state index < -0.39 is 0 Å². The molecule has 1 fully saturated rings. The van der Waals surface area contributed by atoms with Gasteiger partial charge < -0.3 is 5.32 Å². The number of anilines is 1. The maximum absolute atomic E-state index is 12.7. The van der Waals surface area contributed by atoms with Gasteiger partial charge in [-0.15, -0.1) is 11.3 Å². The van der Waals surface area contributed by atoms with Crippen molar-refractivity contribution in [2.75, 3.05) is 4.90 Å². The van der Waals surface area contributed by atoms with E-state index in [-0.39, 0.29) is 5.91 Å². The van der Waals surface area contributed by atoms with Gasteiger partial charge in [0.1, 0.15) is 5.70 Å². The van der Waals surface area contributed by atoms with Gasteiger partial charge in [0.2, 0.25) is 0 Å². The molecule has 0 unspecified atom stereocenters. The first-order valence-electron chi connectivity index (χ1n) is 6.96. The molecule has 1 aromatic carbocycles. The Morgan fingerprint density at radius 3 is 2.55 bits per heavy atom. The van der Waals surface area contributed by atoms with Crippen LogP contribution < -0.4 is 10.2 Å². The van der Waals surface area contributed by atoms with Crippen LogP contribution >= 0.6 is 23.6 Å². The zero-order chi connectivity index (χ0) is 15.9. The predicted molar refractivity (Wildman–Crippen MR) is 96.2 cm³/mol. The van der Waals surface area contributed by atoms with Crippen LogP contribution in [0.3, 0.4) is 0 Å². The second-order valence-corrected chi connectivity index (χ2v) is 6.70. The van der Waals surface area contributed by atoms with Crippen molar-refractivity contribution < 1.29 is 4.79 Å². The van der Waals surface area contributed by atoms with Crippen LogP contribution in [0.5, 0.6) is 0 Å². The largest absolute Gasteiger partial charge is 0.327 e. The number of hydrogen-bond donors (Lipinski definition) is 1. The topological polar surface area (TPSA) is 32.3 Å². The van der Waals surface area contributed by atoms with Gasteiger partial charge in [-0.25, -0.2) is 0 Å². The summed E-state index contributed by atoms with van der Waals surface area (Å²) in [5.74, 6) is -0.110. The van der Waals surface area contributed by atoms with Crippen LogP contribution in [0.15, 0.2) is 35.3 Å². The lowest BCUT2D eigenvalue weighted by atomic mass is 10.1. The van der Waals surface area contributed by atoms with Crippen LogP contribution in [0.25, 0.3) is 6.08 Å². The molecule has 22 heavy (non-hydrogen) atoms. The Morgan fingerprint density at radius 2 is 1.91 bits per heavy atom. The van der Waals surface area contributed by atoms with Crippen LogP contribution in [0.2, 0.25) is 0 Å². The molecule has 0 atom stereocenters. The van der Waals surface area contributed by atoms with Gasteiger partial charge in [-0.2, -0.15) is 0 Å². The lowest BCUT2D eigenvalue weighted by Gasteiger charge is -2.15. The third kappa shape index (κ3) is 2.58. The smallest absolute Gasteiger partial charge is 0.281 e. The molecule has 1 aromatic heterocycles. The van der Waals surface area contributed by atoms with Gasteiger partial charge in [-0.1, -0.05) is 6.07 Å². The average molecular weight is 328 g/mol. The second kappa shape index (κ2) is 5.66. The average Bonchev–Trinajstić information content (AvgIpc) is 2.99. The van der Waals surface area contributed by atoms with Crippen LogP contribution in [-0.2, 0) is 4.79 Å². The molecule has 112 valence electrons. The minimum atomic E-state index is -0.110. The summed E-state index contributed by atoms with van der Waals surface area (Å²) in [5.41, 5.74) is 4.81. The number of hydrogen-bond acceptors (Lipinski definition) is 3. The summed E-state index contributed by atoms with van der Waals surface area (Å²) < 4.78 is 0. The van der Waals surface area contributed by atoms with E-state index in [0.717, 1.165) is 21.7 Å². The number of thiophene rings is 1. The fraction of sp³-hybridized carbons (Fsp3) is 0.176. The summed E-state index contributed by atoms with van der Waals surface area (Å²) in [7, 11) is 0. The van der Waals surface area contributed by atoms with Crippen LogP contribution in [0.4, 0.5) is 5.69 Å². The number of benzene rings is 1. The lowest BCUT2D eigenvalue weighted by molar-refractivity contribution is -0.113. The molecule has 0 bridgehead atoms. The molecule has 3 rings (SSSR count). The highest BCUT2D eigenvalue weighted by Crippen LogP contribution is 2.26. The minimum absolute atomic E-state index is 0.110. The summed E-state index contributed by atoms with van der Waals surface area (Å²) in [4.78, 5) is 15.3. The maximum Gasteiger partial charge on any atom is 0.281 e. The molecule has 1 N–H and O–H groups in total. The number of thiocarbonyl (C=S) groups is 1. The highest BCUT2D eigenvalue weighted by atomic mass is 32.1. The van der Waals surface area contributed by atoms with Gasteiger partial charge in [-0.05, 0) is 79.3 Å². The third-order valence-corrected chi connectivity index (χ3v) is 5.05. The van der Waals surface area contributed by atoms with Crippen LogP contribution in [-0.4, -0.2) is 11.0 Å². The van der Waals surface area contributed by atoms with E-state index in [0.29, 0.717) is 10.8 Å². The lowest BCUT2D eigenvalue weighted by Crippen LogP contribution is -2.30. The molecule has 3 nitrogen and oxygen atoms in total. The molecular weight excluding hydrogens is 312 g/mol. The van der Waals surface area contributed by atoms with E-state index in [9.17, 15) is 4.79 Å². The highest BCUT2D eigenvalue weighted by Gasteiger charge is 2.32. The number of amides is 1. The van der Waals surface area contributed by atoms with E-state index in [1.54, 1.807) is 16.2 Å². The highest BCUT2D eigenvalue weighted by molar-refractivity contribution is 7.80. The van der Waals surface area contributed by atoms with Crippen molar-refractivity contribution in [3.05, 3.63) is 56.9 Å².